The summed E-state index contributed by atoms with van der Waals surface area (Å²) < 4.78 is 1.84. The molecule has 0 N–H and O–H groups in total. The molecule has 4 nitrogen and oxygen atoms in total. The standard InChI is InChI=1S/C15H24ClN3O/c1-10-6-5-7-11(2)19(10)14(20)8-9-18-13(4)15(16)12(3)17-18/h10-11H,5-9H2,1-4H3. The van der Waals surface area contributed by atoms with Crippen LogP contribution in [0.3, 0.4) is 0 Å². The third-order valence-corrected chi connectivity index (χ3v) is 4.86. The molecule has 0 spiro atoms. The minimum Gasteiger partial charge on any atom is -0.337 e. The SMILES string of the molecule is Cc1nn(CCC(=O)N2C(C)CCCC2C)c(C)c1Cl. The molecular formula is C15H24ClN3O. The smallest absolute Gasteiger partial charge is 0.224 e. The predicted octanol–water partition coefficient (Wildman–Crippen LogP) is 3.33. The number of halogens is 1. The maximum Gasteiger partial charge on any atom is 0.224 e. The van der Waals surface area contributed by atoms with Gasteiger partial charge < -0.3 is 4.90 Å². The van der Waals surface area contributed by atoms with Crippen LogP contribution in [0.15, 0.2) is 0 Å². The zero-order valence-corrected chi connectivity index (χ0v) is 13.6. The number of piperidine rings is 1. The van der Waals surface area contributed by atoms with Crippen molar-refractivity contribution in [2.75, 3.05) is 0 Å². The van der Waals surface area contributed by atoms with E-state index in [9.17, 15) is 4.79 Å². The van der Waals surface area contributed by atoms with Gasteiger partial charge in [-0.1, -0.05) is 11.6 Å². The van der Waals surface area contributed by atoms with Crippen LogP contribution in [0.4, 0.5) is 0 Å². The van der Waals surface area contributed by atoms with E-state index in [1.807, 2.05) is 18.5 Å². The monoisotopic (exact) mass is 297 g/mol. The summed E-state index contributed by atoms with van der Waals surface area (Å²) in [5, 5.41) is 5.08. The summed E-state index contributed by atoms with van der Waals surface area (Å²) in [4.78, 5) is 14.5. The summed E-state index contributed by atoms with van der Waals surface area (Å²) in [6, 6.07) is 0.714. The van der Waals surface area contributed by atoms with Gasteiger partial charge in [-0.15, -0.1) is 0 Å². The van der Waals surface area contributed by atoms with Gasteiger partial charge in [0.25, 0.3) is 0 Å². The van der Waals surface area contributed by atoms with Crippen molar-refractivity contribution in [1.29, 1.82) is 0 Å². The molecule has 0 radical (unpaired) electrons. The Balaban J connectivity index is 1.99. The van der Waals surface area contributed by atoms with E-state index in [2.05, 4.69) is 23.8 Å². The number of aromatic nitrogens is 2. The van der Waals surface area contributed by atoms with Gasteiger partial charge in [-0.05, 0) is 47.0 Å². The average molecular weight is 298 g/mol. The Morgan fingerprint density at radius 3 is 2.40 bits per heavy atom. The number of amides is 1. The van der Waals surface area contributed by atoms with Gasteiger partial charge in [0.15, 0.2) is 0 Å². The minimum atomic E-state index is 0.230. The number of rotatable bonds is 3. The van der Waals surface area contributed by atoms with Crippen LogP contribution in [0, 0.1) is 13.8 Å². The van der Waals surface area contributed by atoms with Crippen molar-refractivity contribution < 1.29 is 4.79 Å². The van der Waals surface area contributed by atoms with Crippen molar-refractivity contribution in [2.24, 2.45) is 0 Å². The number of carbonyl (C=O) groups is 1. The normalized spacial score (nSPS) is 23.1. The molecule has 1 amide bonds. The lowest BCUT2D eigenvalue weighted by molar-refractivity contribution is -0.137. The van der Waals surface area contributed by atoms with Crippen molar-refractivity contribution in [2.45, 2.75) is 72.0 Å². The number of nitrogens with zero attached hydrogens (tertiary/aromatic N) is 3. The Bertz CT molecular complexity index is 488. The Morgan fingerprint density at radius 1 is 1.30 bits per heavy atom. The van der Waals surface area contributed by atoms with Gasteiger partial charge in [-0.2, -0.15) is 5.10 Å². The first kappa shape index (κ1) is 15.4. The molecule has 0 aliphatic carbocycles. The van der Waals surface area contributed by atoms with Crippen molar-refractivity contribution in [1.82, 2.24) is 14.7 Å². The van der Waals surface area contributed by atoms with Gasteiger partial charge in [-0.3, -0.25) is 9.48 Å². The molecule has 0 saturated carbocycles. The molecule has 112 valence electrons. The van der Waals surface area contributed by atoms with Gasteiger partial charge in [-0.25, -0.2) is 0 Å². The van der Waals surface area contributed by atoms with E-state index < -0.39 is 0 Å². The first-order chi connectivity index (χ1) is 9.41. The highest BCUT2D eigenvalue weighted by Crippen LogP contribution is 2.24. The molecule has 1 saturated heterocycles. The number of aryl methyl sites for hydroxylation is 2. The second kappa shape index (κ2) is 6.17. The average Bonchev–Trinajstić information content (AvgIpc) is 2.63. The lowest BCUT2D eigenvalue weighted by Gasteiger charge is -2.39. The predicted molar refractivity (Wildman–Crippen MR) is 80.9 cm³/mol. The molecule has 5 heteroatoms. The van der Waals surface area contributed by atoms with Crippen LogP contribution in [0.5, 0.6) is 0 Å². The minimum absolute atomic E-state index is 0.230. The summed E-state index contributed by atoms with van der Waals surface area (Å²) in [5.74, 6) is 0.230. The van der Waals surface area contributed by atoms with Crippen LogP contribution < -0.4 is 0 Å². The van der Waals surface area contributed by atoms with E-state index in [0.717, 1.165) is 24.2 Å². The molecule has 0 bridgehead atoms. The van der Waals surface area contributed by atoms with E-state index in [-0.39, 0.29) is 5.91 Å². The zero-order chi connectivity index (χ0) is 14.9. The van der Waals surface area contributed by atoms with Crippen molar-refractivity contribution in [3.8, 4) is 0 Å². The van der Waals surface area contributed by atoms with Gasteiger partial charge in [0, 0.05) is 18.5 Å². The fraction of sp³-hybridized carbons (Fsp3) is 0.733. The van der Waals surface area contributed by atoms with Crippen LogP contribution >= 0.6 is 11.6 Å². The highest BCUT2D eigenvalue weighted by molar-refractivity contribution is 6.31. The summed E-state index contributed by atoms with van der Waals surface area (Å²) >= 11 is 6.13. The molecular weight excluding hydrogens is 274 g/mol. The Kier molecular flexibility index (Phi) is 4.74. The Morgan fingerprint density at radius 2 is 1.90 bits per heavy atom. The van der Waals surface area contributed by atoms with E-state index in [1.54, 1.807) is 0 Å². The van der Waals surface area contributed by atoms with Crippen LogP contribution in [0.2, 0.25) is 5.02 Å². The topological polar surface area (TPSA) is 38.1 Å². The molecule has 2 unspecified atom stereocenters. The van der Waals surface area contributed by atoms with Crippen molar-refractivity contribution >= 4 is 17.5 Å². The van der Waals surface area contributed by atoms with Crippen LogP contribution in [-0.2, 0) is 11.3 Å². The fourth-order valence-corrected chi connectivity index (χ4v) is 3.27. The molecule has 1 aliphatic rings. The van der Waals surface area contributed by atoms with Crippen LogP contribution in [0.1, 0.15) is 50.9 Å². The Labute approximate surface area is 126 Å². The lowest BCUT2D eigenvalue weighted by Crippen LogP contribution is -2.47. The Hall–Kier alpha value is -1.03. The number of hydrogen-bond donors (Lipinski definition) is 0. The zero-order valence-electron chi connectivity index (χ0n) is 12.8. The maximum absolute atomic E-state index is 12.4. The van der Waals surface area contributed by atoms with Gasteiger partial charge in [0.05, 0.1) is 23.0 Å². The first-order valence-electron chi connectivity index (χ1n) is 7.42. The molecule has 1 aromatic heterocycles. The number of carbonyl (C=O) groups excluding carboxylic acids is 1. The van der Waals surface area contributed by atoms with Crippen molar-refractivity contribution in [3.05, 3.63) is 16.4 Å². The molecule has 1 aliphatic heterocycles. The molecule has 0 aromatic carbocycles. The van der Waals surface area contributed by atoms with Crippen LogP contribution in [-0.4, -0.2) is 32.7 Å². The van der Waals surface area contributed by atoms with E-state index in [0.29, 0.717) is 30.1 Å². The van der Waals surface area contributed by atoms with Gasteiger partial charge in [0.2, 0.25) is 5.91 Å². The second-order valence-corrected chi connectivity index (χ2v) is 6.27. The molecule has 1 fully saturated rings. The third-order valence-electron chi connectivity index (χ3n) is 4.31. The molecule has 2 heterocycles. The number of likely N-dealkylation sites (tertiary alicyclic amines) is 1. The quantitative estimate of drug-likeness (QED) is 0.858. The molecule has 1 aromatic rings. The van der Waals surface area contributed by atoms with Gasteiger partial charge in [0.1, 0.15) is 0 Å². The highest BCUT2D eigenvalue weighted by atomic mass is 35.5. The van der Waals surface area contributed by atoms with E-state index in [1.165, 1.54) is 6.42 Å². The van der Waals surface area contributed by atoms with E-state index in [4.69, 9.17) is 11.6 Å². The van der Waals surface area contributed by atoms with Gasteiger partial charge >= 0.3 is 0 Å². The van der Waals surface area contributed by atoms with Crippen LogP contribution in [0.25, 0.3) is 0 Å². The lowest BCUT2D eigenvalue weighted by atomic mass is 9.97. The summed E-state index contributed by atoms with van der Waals surface area (Å²) in [7, 11) is 0. The highest BCUT2D eigenvalue weighted by Gasteiger charge is 2.28. The molecule has 2 atom stereocenters. The maximum atomic E-state index is 12.4. The fourth-order valence-electron chi connectivity index (χ4n) is 3.14. The largest absolute Gasteiger partial charge is 0.337 e. The first-order valence-corrected chi connectivity index (χ1v) is 7.80. The third kappa shape index (κ3) is 3.00. The summed E-state index contributed by atoms with van der Waals surface area (Å²) in [5.41, 5.74) is 1.77. The summed E-state index contributed by atoms with van der Waals surface area (Å²) in [6.45, 7) is 8.73. The molecule has 20 heavy (non-hydrogen) atoms. The second-order valence-electron chi connectivity index (χ2n) is 5.89. The number of hydrogen-bond acceptors (Lipinski definition) is 2. The molecule has 2 rings (SSSR count). The summed E-state index contributed by atoms with van der Waals surface area (Å²) in [6.07, 6.45) is 3.94. The van der Waals surface area contributed by atoms with Crippen molar-refractivity contribution in [3.63, 3.8) is 0 Å². The van der Waals surface area contributed by atoms with E-state index >= 15 is 0 Å².